The van der Waals surface area contributed by atoms with Crippen molar-refractivity contribution in [3.05, 3.63) is 28.8 Å². The van der Waals surface area contributed by atoms with E-state index in [0.717, 1.165) is 10.6 Å². The van der Waals surface area contributed by atoms with E-state index in [2.05, 4.69) is 0 Å². The minimum atomic E-state index is -3.72. The maximum absolute atomic E-state index is 13.1. The summed E-state index contributed by atoms with van der Waals surface area (Å²) in [4.78, 5) is 26.1. The molecule has 1 saturated heterocycles. The number of nitrogens with zero attached hydrogens (tertiary/aromatic N) is 2. The highest BCUT2D eigenvalue weighted by atomic mass is 35.5. The highest BCUT2D eigenvalue weighted by Crippen LogP contribution is 2.30. The first-order valence-electron chi connectivity index (χ1n) is 8.90. The number of amides is 2. The monoisotopic (exact) mass is 415 g/mol. The lowest BCUT2D eigenvalue weighted by Crippen LogP contribution is -2.53. The van der Waals surface area contributed by atoms with Gasteiger partial charge in [0.25, 0.3) is 0 Å². The van der Waals surface area contributed by atoms with E-state index in [1.54, 1.807) is 36.9 Å². The van der Waals surface area contributed by atoms with Crippen molar-refractivity contribution < 1.29 is 18.0 Å². The number of benzene rings is 1. The van der Waals surface area contributed by atoms with Crippen LogP contribution in [0.4, 0.5) is 5.69 Å². The molecule has 1 aliphatic rings. The van der Waals surface area contributed by atoms with Gasteiger partial charge in [-0.2, -0.15) is 0 Å². The fourth-order valence-electron chi connectivity index (χ4n) is 3.43. The number of carbonyl (C=O) groups is 2. The van der Waals surface area contributed by atoms with Crippen LogP contribution in [-0.2, 0) is 19.6 Å². The van der Waals surface area contributed by atoms with E-state index in [9.17, 15) is 18.0 Å². The molecular weight excluding hydrogens is 390 g/mol. The van der Waals surface area contributed by atoms with Gasteiger partial charge in [0.1, 0.15) is 6.04 Å². The summed E-state index contributed by atoms with van der Waals surface area (Å²) in [5.41, 5.74) is 6.46. The predicted molar refractivity (Wildman–Crippen MR) is 106 cm³/mol. The predicted octanol–water partition coefficient (Wildman–Crippen LogP) is 1.92. The Kier molecular flexibility index (Phi) is 6.75. The molecule has 1 aromatic carbocycles. The van der Waals surface area contributed by atoms with Gasteiger partial charge in [0.05, 0.1) is 11.9 Å². The van der Waals surface area contributed by atoms with Gasteiger partial charge in [-0.3, -0.25) is 13.9 Å². The molecule has 150 valence electrons. The van der Waals surface area contributed by atoms with E-state index in [1.807, 2.05) is 0 Å². The van der Waals surface area contributed by atoms with Crippen LogP contribution in [0.1, 0.15) is 31.7 Å². The molecule has 7 nitrogen and oxygen atoms in total. The van der Waals surface area contributed by atoms with Gasteiger partial charge in [0.15, 0.2) is 0 Å². The molecule has 1 atom stereocenters. The number of nitrogens with two attached hydrogens (primary N) is 1. The van der Waals surface area contributed by atoms with Crippen molar-refractivity contribution in [3.8, 4) is 0 Å². The van der Waals surface area contributed by atoms with Gasteiger partial charge >= 0.3 is 0 Å². The highest BCUT2D eigenvalue weighted by molar-refractivity contribution is 7.92. The van der Waals surface area contributed by atoms with Gasteiger partial charge in [-0.15, -0.1) is 0 Å². The van der Waals surface area contributed by atoms with Crippen LogP contribution in [-0.4, -0.2) is 50.5 Å². The molecule has 0 aromatic heterocycles. The van der Waals surface area contributed by atoms with Crippen molar-refractivity contribution in [2.24, 2.45) is 11.7 Å². The van der Waals surface area contributed by atoms with Crippen molar-refractivity contribution in [1.29, 1.82) is 0 Å². The minimum absolute atomic E-state index is 0.240. The van der Waals surface area contributed by atoms with Crippen LogP contribution >= 0.6 is 11.6 Å². The fourth-order valence-corrected chi connectivity index (χ4v) is 4.86. The van der Waals surface area contributed by atoms with Gasteiger partial charge in [0.2, 0.25) is 21.8 Å². The van der Waals surface area contributed by atoms with Crippen LogP contribution in [0.5, 0.6) is 0 Å². The third-order valence-corrected chi connectivity index (χ3v) is 6.33. The summed E-state index contributed by atoms with van der Waals surface area (Å²) in [7, 11) is -3.72. The third kappa shape index (κ3) is 4.93. The molecule has 2 amide bonds. The Balaban J connectivity index is 2.35. The molecule has 27 heavy (non-hydrogen) atoms. The number of hydrogen-bond donors (Lipinski definition) is 1. The second-order valence-electron chi connectivity index (χ2n) is 6.92. The van der Waals surface area contributed by atoms with E-state index >= 15 is 0 Å². The molecule has 1 aliphatic heterocycles. The zero-order valence-electron chi connectivity index (χ0n) is 15.8. The molecule has 9 heteroatoms. The number of aryl methyl sites for hydroxylation is 1. The number of hydrogen-bond acceptors (Lipinski definition) is 4. The molecule has 1 fully saturated rings. The Hall–Kier alpha value is -1.80. The van der Waals surface area contributed by atoms with Crippen LogP contribution < -0.4 is 10.0 Å². The molecule has 1 aromatic rings. The Bertz CT molecular complexity index is 820. The number of likely N-dealkylation sites (tertiary alicyclic amines) is 1. The van der Waals surface area contributed by atoms with Crippen molar-refractivity contribution in [3.63, 3.8) is 0 Å². The molecule has 0 aliphatic carbocycles. The van der Waals surface area contributed by atoms with E-state index in [4.69, 9.17) is 17.3 Å². The quantitative estimate of drug-likeness (QED) is 0.766. The Labute approximate surface area is 165 Å². The van der Waals surface area contributed by atoms with E-state index in [0.29, 0.717) is 48.6 Å². The number of piperidine rings is 1. The maximum Gasteiger partial charge on any atom is 0.246 e. The zero-order valence-corrected chi connectivity index (χ0v) is 17.4. The van der Waals surface area contributed by atoms with Gasteiger partial charge in [-0.1, -0.05) is 24.6 Å². The van der Waals surface area contributed by atoms with E-state index < -0.39 is 16.1 Å². The summed E-state index contributed by atoms with van der Waals surface area (Å²) in [5, 5.41) is 0.397. The molecular formula is C18H26ClN3O4S. The smallest absolute Gasteiger partial charge is 0.246 e. The van der Waals surface area contributed by atoms with Crippen LogP contribution in [0.15, 0.2) is 18.2 Å². The molecule has 0 spiro atoms. The van der Waals surface area contributed by atoms with Crippen LogP contribution in [0.2, 0.25) is 5.02 Å². The summed E-state index contributed by atoms with van der Waals surface area (Å²) in [5.74, 6) is -0.873. The number of sulfonamides is 1. The van der Waals surface area contributed by atoms with Gasteiger partial charge < -0.3 is 10.6 Å². The Morgan fingerprint density at radius 3 is 2.41 bits per heavy atom. The summed E-state index contributed by atoms with van der Waals surface area (Å²) in [6.07, 6.45) is 2.38. The average Bonchev–Trinajstić information content (AvgIpc) is 2.60. The van der Waals surface area contributed by atoms with Crippen molar-refractivity contribution in [2.45, 2.75) is 39.2 Å². The molecule has 0 bridgehead atoms. The number of halogens is 1. The molecule has 0 unspecified atom stereocenters. The lowest BCUT2D eigenvalue weighted by molar-refractivity contribution is -0.135. The minimum Gasteiger partial charge on any atom is -0.369 e. The SMILES string of the molecule is CC[C@@H](C(=O)N1CCC(C(N)=O)CC1)N(c1cc(Cl)ccc1C)S(C)(=O)=O. The molecule has 2 rings (SSSR count). The molecule has 1 heterocycles. The summed E-state index contributed by atoms with van der Waals surface area (Å²) in [6, 6.07) is 4.10. The molecule has 2 N–H and O–H groups in total. The second kappa shape index (κ2) is 8.48. The van der Waals surface area contributed by atoms with Crippen molar-refractivity contribution in [1.82, 2.24) is 4.90 Å². The van der Waals surface area contributed by atoms with Crippen LogP contribution in [0.3, 0.4) is 0 Å². The number of rotatable bonds is 6. The van der Waals surface area contributed by atoms with Gasteiger partial charge in [-0.05, 0) is 43.9 Å². The third-order valence-electron chi connectivity index (χ3n) is 4.93. The lowest BCUT2D eigenvalue weighted by Gasteiger charge is -2.37. The van der Waals surface area contributed by atoms with Crippen molar-refractivity contribution in [2.75, 3.05) is 23.7 Å². The largest absolute Gasteiger partial charge is 0.369 e. The summed E-state index contributed by atoms with van der Waals surface area (Å²) in [6.45, 7) is 4.32. The van der Waals surface area contributed by atoms with Crippen LogP contribution in [0, 0.1) is 12.8 Å². The first kappa shape index (κ1) is 21.5. The van der Waals surface area contributed by atoms with Gasteiger partial charge in [-0.25, -0.2) is 8.42 Å². The van der Waals surface area contributed by atoms with E-state index in [-0.39, 0.29) is 17.7 Å². The Morgan fingerprint density at radius 1 is 1.33 bits per heavy atom. The standard InChI is InChI=1S/C18H26ClN3O4S/c1-4-15(18(24)21-9-7-13(8-10-21)17(20)23)22(27(3,25)26)16-11-14(19)6-5-12(16)2/h5-6,11,13,15H,4,7-10H2,1-3H3,(H2,20,23)/t15-/m0/s1. The van der Waals surface area contributed by atoms with Crippen LogP contribution in [0.25, 0.3) is 0 Å². The first-order valence-corrected chi connectivity index (χ1v) is 11.1. The highest BCUT2D eigenvalue weighted by Gasteiger charge is 2.36. The molecule has 0 saturated carbocycles. The second-order valence-corrected chi connectivity index (χ2v) is 9.21. The number of anilines is 1. The maximum atomic E-state index is 13.1. The normalized spacial score (nSPS) is 16.8. The summed E-state index contributed by atoms with van der Waals surface area (Å²) >= 11 is 6.07. The average molecular weight is 416 g/mol. The molecule has 0 radical (unpaired) electrons. The topological polar surface area (TPSA) is 101 Å². The number of primary amides is 1. The van der Waals surface area contributed by atoms with Crippen molar-refractivity contribution >= 4 is 39.1 Å². The van der Waals surface area contributed by atoms with Gasteiger partial charge in [0, 0.05) is 24.0 Å². The summed E-state index contributed by atoms with van der Waals surface area (Å²) < 4.78 is 26.3. The zero-order chi connectivity index (χ0) is 20.4. The number of carbonyl (C=O) groups excluding carboxylic acids is 2. The fraction of sp³-hybridized carbons (Fsp3) is 0.556. The lowest BCUT2D eigenvalue weighted by atomic mass is 9.95. The Morgan fingerprint density at radius 2 is 1.93 bits per heavy atom. The van der Waals surface area contributed by atoms with E-state index in [1.165, 1.54) is 0 Å². The first-order chi connectivity index (χ1) is 12.6.